The molecule has 5 heteroatoms. The van der Waals surface area contributed by atoms with Crippen molar-refractivity contribution in [1.82, 2.24) is 14.9 Å². The van der Waals surface area contributed by atoms with E-state index in [0.29, 0.717) is 12.1 Å². The molecule has 0 bridgehead atoms. The number of hydrogen-bond donors (Lipinski definition) is 0. The third-order valence-corrected chi connectivity index (χ3v) is 6.52. The third-order valence-electron chi connectivity index (χ3n) is 6.52. The van der Waals surface area contributed by atoms with Gasteiger partial charge in [-0.15, -0.1) is 0 Å². The van der Waals surface area contributed by atoms with Crippen LogP contribution in [0.1, 0.15) is 49.9 Å². The highest BCUT2D eigenvalue weighted by Crippen LogP contribution is 2.29. The van der Waals surface area contributed by atoms with E-state index >= 15 is 0 Å². The second-order valence-electron chi connectivity index (χ2n) is 8.64. The van der Waals surface area contributed by atoms with Crippen molar-refractivity contribution in [2.75, 3.05) is 38.3 Å². The highest BCUT2D eigenvalue weighted by atomic mass is 16.5. The van der Waals surface area contributed by atoms with Crippen molar-refractivity contribution in [3.8, 4) is 0 Å². The van der Waals surface area contributed by atoms with Crippen molar-refractivity contribution in [1.29, 1.82) is 0 Å². The minimum atomic E-state index is 0.549. The number of piperidine rings is 1. The molecule has 0 unspecified atom stereocenters. The third kappa shape index (κ3) is 3.87. The number of nitrogens with zero attached hydrogens (tertiary/aromatic N) is 4. The molecule has 1 fully saturated rings. The molecule has 1 aliphatic heterocycles. The number of aryl methyl sites for hydroxylation is 3. The number of hydrogen-bond acceptors (Lipinski definition) is 5. The highest BCUT2D eigenvalue weighted by Gasteiger charge is 2.27. The lowest BCUT2D eigenvalue weighted by atomic mass is 10.0. The minimum Gasteiger partial charge on any atom is -0.383 e. The second-order valence-corrected chi connectivity index (χ2v) is 8.64. The first-order chi connectivity index (χ1) is 13.6. The quantitative estimate of drug-likeness (QED) is 0.761. The summed E-state index contributed by atoms with van der Waals surface area (Å²) in [7, 11) is 1.79. The Hall–Kier alpha value is -1.72. The smallest absolute Gasteiger partial charge is 0.226 e. The molecule has 1 aliphatic carbocycles. The maximum absolute atomic E-state index is 5.32. The molecule has 1 aromatic carbocycles. The summed E-state index contributed by atoms with van der Waals surface area (Å²) in [6.07, 6.45) is 5.99. The van der Waals surface area contributed by atoms with Crippen LogP contribution in [-0.4, -0.2) is 60.3 Å². The Kier molecular flexibility index (Phi) is 5.83. The number of ether oxygens (including phenoxy) is 1. The summed E-state index contributed by atoms with van der Waals surface area (Å²) in [4.78, 5) is 14.8. The van der Waals surface area contributed by atoms with E-state index in [0.717, 1.165) is 56.2 Å². The number of methoxy groups -OCH3 is 1. The Morgan fingerprint density at radius 3 is 2.54 bits per heavy atom. The summed E-state index contributed by atoms with van der Waals surface area (Å²) in [5, 5.41) is 1.23. The lowest BCUT2D eigenvalue weighted by Gasteiger charge is -2.40. The molecule has 0 amide bonds. The monoisotopic (exact) mass is 382 g/mol. The van der Waals surface area contributed by atoms with E-state index in [1.54, 1.807) is 7.11 Å². The molecule has 2 heterocycles. The first-order valence-corrected chi connectivity index (χ1v) is 10.9. The van der Waals surface area contributed by atoms with E-state index in [1.165, 1.54) is 35.8 Å². The van der Waals surface area contributed by atoms with E-state index in [4.69, 9.17) is 14.7 Å². The molecule has 0 saturated carbocycles. The van der Waals surface area contributed by atoms with E-state index < -0.39 is 0 Å². The standard InChI is InChI=1S/C23H34N4O/c1-16(2)27(12-13-28-4)20-8-10-26(11-9-20)23-24-17(3)21-14-18-6-5-7-19(18)15-22(21)25-23/h14-16,20H,5-13H2,1-4H3. The summed E-state index contributed by atoms with van der Waals surface area (Å²) in [6.45, 7) is 10.6. The molecular weight excluding hydrogens is 348 g/mol. The van der Waals surface area contributed by atoms with Crippen LogP contribution in [0.25, 0.3) is 10.9 Å². The van der Waals surface area contributed by atoms with Gasteiger partial charge in [0.2, 0.25) is 5.95 Å². The number of benzene rings is 1. The molecule has 0 N–H and O–H groups in total. The average Bonchev–Trinajstić information content (AvgIpc) is 3.14. The van der Waals surface area contributed by atoms with Gasteiger partial charge in [-0.1, -0.05) is 0 Å². The van der Waals surface area contributed by atoms with Gasteiger partial charge in [0.25, 0.3) is 0 Å². The zero-order chi connectivity index (χ0) is 19.7. The van der Waals surface area contributed by atoms with Gasteiger partial charge in [-0.2, -0.15) is 0 Å². The van der Waals surface area contributed by atoms with E-state index in [1.807, 2.05) is 0 Å². The normalized spacial score (nSPS) is 17.9. The van der Waals surface area contributed by atoms with Crippen molar-refractivity contribution in [3.63, 3.8) is 0 Å². The average molecular weight is 383 g/mol. The molecule has 1 aromatic heterocycles. The van der Waals surface area contributed by atoms with Crippen LogP contribution in [-0.2, 0) is 17.6 Å². The van der Waals surface area contributed by atoms with E-state index in [-0.39, 0.29) is 0 Å². The summed E-state index contributed by atoms with van der Waals surface area (Å²) in [6, 6.07) is 5.82. The van der Waals surface area contributed by atoms with Crippen LogP contribution in [0.15, 0.2) is 12.1 Å². The fraction of sp³-hybridized carbons (Fsp3) is 0.652. The molecule has 0 radical (unpaired) electrons. The van der Waals surface area contributed by atoms with Gasteiger partial charge in [0.05, 0.1) is 17.8 Å². The zero-order valence-corrected chi connectivity index (χ0v) is 17.9. The molecule has 0 atom stereocenters. The zero-order valence-electron chi connectivity index (χ0n) is 17.9. The van der Waals surface area contributed by atoms with Crippen LogP contribution < -0.4 is 4.90 Å². The van der Waals surface area contributed by atoms with Crippen molar-refractivity contribution >= 4 is 16.9 Å². The van der Waals surface area contributed by atoms with Crippen molar-refractivity contribution < 1.29 is 4.74 Å². The molecule has 2 aliphatic rings. The lowest BCUT2D eigenvalue weighted by Crippen LogP contribution is -2.49. The first-order valence-electron chi connectivity index (χ1n) is 10.9. The summed E-state index contributed by atoms with van der Waals surface area (Å²) in [5.41, 5.74) is 5.22. The maximum Gasteiger partial charge on any atom is 0.226 e. The van der Waals surface area contributed by atoms with Gasteiger partial charge in [0.15, 0.2) is 0 Å². The molecule has 1 saturated heterocycles. The van der Waals surface area contributed by atoms with Gasteiger partial charge >= 0.3 is 0 Å². The fourth-order valence-electron chi connectivity index (χ4n) is 4.93. The van der Waals surface area contributed by atoms with Gasteiger partial charge < -0.3 is 9.64 Å². The molecule has 2 aromatic rings. The molecule has 0 spiro atoms. The van der Waals surface area contributed by atoms with Gasteiger partial charge in [-0.3, -0.25) is 4.90 Å². The largest absolute Gasteiger partial charge is 0.383 e. The van der Waals surface area contributed by atoms with Crippen molar-refractivity contribution in [2.45, 2.75) is 65.0 Å². The predicted octanol–water partition coefficient (Wildman–Crippen LogP) is 3.75. The Morgan fingerprint density at radius 1 is 1.14 bits per heavy atom. The van der Waals surface area contributed by atoms with Crippen molar-refractivity contribution in [3.05, 3.63) is 29.0 Å². The van der Waals surface area contributed by atoms with Crippen LogP contribution >= 0.6 is 0 Å². The maximum atomic E-state index is 5.32. The van der Waals surface area contributed by atoms with Gasteiger partial charge in [0, 0.05) is 44.2 Å². The number of anilines is 1. The summed E-state index contributed by atoms with van der Waals surface area (Å²) >= 11 is 0. The van der Waals surface area contributed by atoms with Gasteiger partial charge in [-0.25, -0.2) is 9.97 Å². The Bertz CT molecular complexity index is 827. The van der Waals surface area contributed by atoms with E-state index in [2.05, 4.69) is 42.7 Å². The Labute approximate surface area is 169 Å². The number of rotatable bonds is 6. The first kappa shape index (κ1) is 19.6. The molecule has 5 nitrogen and oxygen atoms in total. The minimum absolute atomic E-state index is 0.549. The van der Waals surface area contributed by atoms with E-state index in [9.17, 15) is 0 Å². The molecule has 4 rings (SSSR count). The summed E-state index contributed by atoms with van der Waals surface area (Å²) in [5.74, 6) is 0.911. The van der Waals surface area contributed by atoms with Gasteiger partial charge in [0.1, 0.15) is 0 Å². The van der Waals surface area contributed by atoms with Gasteiger partial charge in [-0.05, 0) is 76.1 Å². The Morgan fingerprint density at radius 2 is 1.86 bits per heavy atom. The van der Waals surface area contributed by atoms with Crippen LogP contribution in [0.5, 0.6) is 0 Å². The SMILES string of the molecule is COCCN(C(C)C)C1CCN(c2nc(C)c3cc4c(cc3n2)CCC4)CC1. The molecule has 28 heavy (non-hydrogen) atoms. The highest BCUT2D eigenvalue weighted by molar-refractivity contribution is 5.84. The van der Waals surface area contributed by atoms with Crippen LogP contribution in [0.4, 0.5) is 5.95 Å². The number of fused-ring (bicyclic) bond motifs is 2. The summed E-state index contributed by atoms with van der Waals surface area (Å²) < 4.78 is 5.32. The topological polar surface area (TPSA) is 41.5 Å². The molecular formula is C23H34N4O. The molecule has 152 valence electrons. The fourth-order valence-corrected chi connectivity index (χ4v) is 4.93. The van der Waals surface area contributed by atoms with Crippen LogP contribution in [0.3, 0.4) is 0 Å². The Balaban J connectivity index is 1.50. The second kappa shape index (κ2) is 8.34. The van der Waals surface area contributed by atoms with Crippen LogP contribution in [0, 0.1) is 6.92 Å². The number of aromatic nitrogens is 2. The predicted molar refractivity (Wildman–Crippen MR) is 115 cm³/mol. The lowest BCUT2D eigenvalue weighted by molar-refractivity contribution is 0.0844. The van der Waals surface area contributed by atoms with Crippen molar-refractivity contribution in [2.24, 2.45) is 0 Å². The van der Waals surface area contributed by atoms with Crippen LogP contribution in [0.2, 0.25) is 0 Å².